The van der Waals surface area contributed by atoms with Crippen LogP contribution in [0, 0.1) is 11.3 Å². The van der Waals surface area contributed by atoms with Crippen molar-refractivity contribution in [3.8, 4) is 6.07 Å². The predicted octanol–water partition coefficient (Wildman–Crippen LogP) is 1.98. The van der Waals surface area contributed by atoms with Gasteiger partial charge in [-0.1, -0.05) is 12.1 Å². The normalized spacial score (nSPS) is 14.1. The molecular weight excluding hydrogens is 200 g/mol. The monoisotopic (exact) mass is 218 g/mol. The maximum Gasteiger partial charge on any atom is 0.0991 e. The van der Waals surface area contributed by atoms with Gasteiger partial charge in [0.1, 0.15) is 0 Å². The lowest BCUT2D eigenvalue weighted by atomic mass is 10.0. The van der Waals surface area contributed by atoms with E-state index in [1.54, 1.807) is 6.07 Å². The highest BCUT2D eigenvalue weighted by Crippen LogP contribution is 2.14. The summed E-state index contributed by atoms with van der Waals surface area (Å²) in [4.78, 5) is 0. The first-order valence-electron chi connectivity index (χ1n) is 5.54. The van der Waals surface area contributed by atoms with E-state index in [2.05, 4.69) is 18.3 Å². The maximum absolute atomic E-state index is 8.82. The molecule has 0 aliphatic rings. The fourth-order valence-corrected chi connectivity index (χ4v) is 1.68. The Balaban J connectivity index is 2.65. The number of rotatable bonds is 5. The van der Waals surface area contributed by atoms with Gasteiger partial charge in [0, 0.05) is 18.7 Å². The van der Waals surface area contributed by atoms with E-state index in [9.17, 15) is 0 Å². The standard InChI is InChI=1S/C13H18N2O/c1-10(6-7-16)15-11(2)13-5-3-4-12(8-13)9-14/h3-5,8,10-11,15-16H,6-7H2,1-2H3. The van der Waals surface area contributed by atoms with Crippen LogP contribution in [0.2, 0.25) is 0 Å². The highest BCUT2D eigenvalue weighted by Gasteiger charge is 2.09. The molecule has 0 fully saturated rings. The molecular formula is C13H18N2O. The van der Waals surface area contributed by atoms with Gasteiger partial charge in [-0.25, -0.2) is 0 Å². The second kappa shape index (κ2) is 6.26. The largest absolute Gasteiger partial charge is 0.396 e. The molecule has 0 spiro atoms. The van der Waals surface area contributed by atoms with Crippen molar-refractivity contribution in [2.75, 3.05) is 6.61 Å². The number of aliphatic hydroxyl groups is 1. The van der Waals surface area contributed by atoms with E-state index >= 15 is 0 Å². The summed E-state index contributed by atoms with van der Waals surface area (Å²) < 4.78 is 0. The molecule has 0 heterocycles. The van der Waals surface area contributed by atoms with E-state index in [4.69, 9.17) is 10.4 Å². The molecule has 86 valence electrons. The minimum Gasteiger partial charge on any atom is -0.396 e. The first kappa shape index (κ1) is 12.7. The molecule has 2 unspecified atom stereocenters. The van der Waals surface area contributed by atoms with Gasteiger partial charge in [-0.05, 0) is 38.0 Å². The van der Waals surface area contributed by atoms with Gasteiger partial charge in [0.25, 0.3) is 0 Å². The zero-order valence-corrected chi connectivity index (χ0v) is 9.77. The first-order chi connectivity index (χ1) is 7.67. The lowest BCUT2D eigenvalue weighted by Gasteiger charge is -2.19. The van der Waals surface area contributed by atoms with E-state index in [1.165, 1.54) is 0 Å². The van der Waals surface area contributed by atoms with Gasteiger partial charge < -0.3 is 10.4 Å². The Bertz CT molecular complexity index is 370. The summed E-state index contributed by atoms with van der Waals surface area (Å²) in [6.07, 6.45) is 0.738. The smallest absolute Gasteiger partial charge is 0.0991 e. The van der Waals surface area contributed by atoms with E-state index in [1.807, 2.05) is 25.1 Å². The average molecular weight is 218 g/mol. The van der Waals surface area contributed by atoms with E-state index in [0.29, 0.717) is 5.56 Å². The van der Waals surface area contributed by atoms with Crippen LogP contribution in [0.1, 0.15) is 37.4 Å². The number of benzene rings is 1. The SMILES string of the molecule is CC(CCO)NC(C)c1cccc(C#N)c1. The van der Waals surface area contributed by atoms with Crippen LogP contribution in [0.4, 0.5) is 0 Å². The van der Waals surface area contributed by atoms with Gasteiger partial charge in [-0.2, -0.15) is 5.26 Å². The third-order valence-electron chi connectivity index (χ3n) is 2.61. The summed E-state index contributed by atoms with van der Waals surface area (Å²) in [6, 6.07) is 10.2. The predicted molar refractivity (Wildman–Crippen MR) is 63.9 cm³/mol. The van der Waals surface area contributed by atoms with Crippen molar-refractivity contribution in [1.29, 1.82) is 5.26 Å². The zero-order valence-electron chi connectivity index (χ0n) is 9.77. The summed E-state index contributed by atoms with van der Waals surface area (Å²) in [5.74, 6) is 0. The van der Waals surface area contributed by atoms with Crippen molar-refractivity contribution in [3.63, 3.8) is 0 Å². The molecule has 0 aromatic heterocycles. The summed E-state index contributed by atoms with van der Waals surface area (Å²) in [7, 11) is 0. The summed E-state index contributed by atoms with van der Waals surface area (Å²) >= 11 is 0. The minimum atomic E-state index is 0.190. The quantitative estimate of drug-likeness (QED) is 0.794. The molecule has 2 N–H and O–H groups in total. The van der Waals surface area contributed by atoms with E-state index < -0.39 is 0 Å². The maximum atomic E-state index is 8.82. The third-order valence-corrected chi connectivity index (χ3v) is 2.61. The van der Waals surface area contributed by atoms with Gasteiger partial charge in [0.05, 0.1) is 11.6 Å². The molecule has 0 aliphatic heterocycles. The summed E-state index contributed by atoms with van der Waals surface area (Å²) in [6.45, 7) is 4.30. The number of nitrogens with zero attached hydrogens (tertiary/aromatic N) is 1. The van der Waals surface area contributed by atoms with Gasteiger partial charge in [0.15, 0.2) is 0 Å². The van der Waals surface area contributed by atoms with E-state index in [-0.39, 0.29) is 18.7 Å². The summed E-state index contributed by atoms with van der Waals surface area (Å²) in [5.41, 5.74) is 1.78. The molecule has 16 heavy (non-hydrogen) atoms. The molecule has 0 amide bonds. The number of nitriles is 1. The van der Waals surface area contributed by atoms with Gasteiger partial charge in [-0.3, -0.25) is 0 Å². The van der Waals surface area contributed by atoms with Crippen molar-refractivity contribution >= 4 is 0 Å². The topological polar surface area (TPSA) is 56.0 Å². The molecule has 0 saturated heterocycles. The number of hydrogen-bond acceptors (Lipinski definition) is 3. The van der Waals surface area contributed by atoms with Crippen LogP contribution in [0.5, 0.6) is 0 Å². The molecule has 0 saturated carbocycles. The van der Waals surface area contributed by atoms with Crippen LogP contribution >= 0.6 is 0 Å². The van der Waals surface area contributed by atoms with Gasteiger partial charge in [-0.15, -0.1) is 0 Å². The molecule has 0 aliphatic carbocycles. The van der Waals surface area contributed by atoms with Crippen molar-refractivity contribution < 1.29 is 5.11 Å². The number of hydrogen-bond donors (Lipinski definition) is 2. The molecule has 1 aromatic rings. The molecule has 0 bridgehead atoms. The Morgan fingerprint density at radius 1 is 1.44 bits per heavy atom. The lowest BCUT2D eigenvalue weighted by Crippen LogP contribution is -2.29. The fraction of sp³-hybridized carbons (Fsp3) is 0.462. The van der Waals surface area contributed by atoms with Crippen molar-refractivity contribution in [1.82, 2.24) is 5.32 Å². The Kier molecular flexibility index (Phi) is 4.97. The van der Waals surface area contributed by atoms with Crippen LogP contribution in [-0.4, -0.2) is 17.8 Å². The second-order valence-electron chi connectivity index (χ2n) is 4.04. The fourth-order valence-electron chi connectivity index (χ4n) is 1.68. The Labute approximate surface area is 96.7 Å². The molecule has 1 rings (SSSR count). The van der Waals surface area contributed by atoms with Crippen LogP contribution in [-0.2, 0) is 0 Å². The number of aliphatic hydroxyl groups excluding tert-OH is 1. The first-order valence-corrected chi connectivity index (χ1v) is 5.54. The average Bonchev–Trinajstić information content (AvgIpc) is 2.29. The third kappa shape index (κ3) is 3.65. The molecule has 2 atom stereocenters. The molecule has 3 heteroatoms. The Morgan fingerprint density at radius 3 is 2.81 bits per heavy atom. The minimum absolute atomic E-state index is 0.190. The van der Waals surface area contributed by atoms with Gasteiger partial charge in [0.2, 0.25) is 0 Å². The van der Waals surface area contributed by atoms with Crippen LogP contribution in [0.3, 0.4) is 0 Å². The van der Waals surface area contributed by atoms with Crippen molar-refractivity contribution in [2.24, 2.45) is 0 Å². The van der Waals surface area contributed by atoms with E-state index in [0.717, 1.165) is 12.0 Å². The summed E-state index contributed by atoms with van der Waals surface area (Å²) in [5, 5.41) is 21.0. The van der Waals surface area contributed by atoms with Crippen molar-refractivity contribution in [3.05, 3.63) is 35.4 Å². The highest BCUT2D eigenvalue weighted by atomic mass is 16.3. The van der Waals surface area contributed by atoms with Crippen molar-refractivity contribution in [2.45, 2.75) is 32.4 Å². The molecule has 0 radical (unpaired) electrons. The number of nitrogens with one attached hydrogen (secondary N) is 1. The zero-order chi connectivity index (χ0) is 12.0. The highest BCUT2D eigenvalue weighted by molar-refractivity contribution is 5.34. The Hall–Kier alpha value is -1.37. The van der Waals surface area contributed by atoms with Crippen LogP contribution in [0.25, 0.3) is 0 Å². The second-order valence-corrected chi connectivity index (χ2v) is 4.04. The van der Waals surface area contributed by atoms with Gasteiger partial charge >= 0.3 is 0 Å². The molecule has 1 aromatic carbocycles. The molecule has 3 nitrogen and oxygen atoms in total. The Morgan fingerprint density at radius 2 is 2.19 bits per heavy atom. The lowest BCUT2D eigenvalue weighted by molar-refractivity contribution is 0.264. The van der Waals surface area contributed by atoms with Crippen LogP contribution in [0.15, 0.2) is 24.3 Å². The van der Waals surface area contributed by atoms with Crippen LogP contribution < -0.4 is 5.32 Å².